The Morgan fingerprint density at radius 3 is 2.15 bits per heavy atom. The van der Waals surface area contributed by atoms with Gasteiger partial charge in [-0.05, 0) is 67.6 Å². The van der Waals surface area contributed by atoms with Crippen molar-refractivity contribution in [1.29, 1.82) is 0 Å². The Morgan fingerprint density at radius 2 is 1.52 bits per heavy atom. The van der Waals surface area contributed by atoms with Gasteiger partial charge in [-0.15, -0.1) is 0 Å². The third kappa shape index (κ3) is 3.53. The van der Waals surface area contributed by atoms with E-state index in [-0.39, 0.29) is 17.1 Å². The van der Waals surface area contributed by atoms with Crippen molar-refractivity contribution in [2.45, 2.75) is 6.92 Å². The Morgan fingerprint density at radius 1 is 0.909 bits per heavy atom. The molecule has 7 heteroatoms. The zero-order chi connectivity index (χ0) is 23.1. The van der Waals surface area contributed by atoms with Gasteiger partial charge in [0, 0.05) is 18.2 Å². The number of rotatable bonds is 5. The lowest BCUT2D eigenvalue weighted by Crippen LogP contribution is -2.10. The molecule has 33 heavy (non-hydrogen) atoms. The van der Waals surface area contributed by atoms with E-state index in [0.717, 1.165) is 11.4 Å². The molecule has 6 nitrogen and oxygen atoms in total. The minimum Gasteiger partial charge on any atom is -0.449 e. The largest absolute Gasteiger partial charge is 0.449 e. The van der Waals surface area contributed by atoms with E-state index in [9.17, 15) is 14.0 Å². The van der Waals surface area contributed by atoms with Gasteiger partial charge in [0.25, 0.3) is 5.56 Å². The number of para-hydroxylation sites is 1. The van der Waals surface area contributed by atoms with E-state index in [1.807, 2.05) is 53.7 Å². The van der Waals surface area contributed by atoms with Crippen LogP contribution in [0, 0.1) is 12.7 Å². The number of fused-ring (bicyclic) bond motifs is 1. The number of ketones is 1. The summed E-state index contributed by atoms with van der Waals surface area (Å²) in [7, 11) is 1.92. The Kier molecular flexibility index (Phi) is 4.94. The fourth-order valence-electron chi connectivity index (χ4n) is 3.90. The predicted octanol–water partition coefficient (Wildman–Crippen LogP) is 5.08. The molecule has 0 radical (unpaired) electrons. The molecule has 164 valence electrons. The van der Waals surface area contributed by atoms with Crippen LogP contribution in [0.15, 0.2) is 83.7 Å². The fraction of sp³-hybridized carbons (Fsp3) is 0.0769. The van der Waals surface area contributed by atoms with Crippen LogP contribution in [0.4, 0.5) is 4.39 Å². The summed E-state index contributed by atoms with van der Waals surface area (Å²) in [6, 6.07) is 21.6. The molecule has 2 heterocycles. The number of nitrogens with zero attached hydrogens (tertiary/aromatic N) is 2. The van der Waals surface area contributed by atoms with Crippen LogP contribution in [-0.2, 0) is 7.05 Å². The second kappa shape index (κ2) is 7.94. The van der Waals surface area contributed by atoms with Gasteiger partial charge < -0.3 is 9.72 Å². The van der Waals surface area contributed by atoms with Crippen LogP contribution >= 0.6 is 0 Å². The molecule has 3 aromatic rings. The highest BCUT2D eigenvalue weighted by Crippen LogP contribution is 2.36. The maximum Gasteiger partial charge on any atom is 0.293 e. The monoisotopic (exact) mass is 441 g/mol. The van der Waals surface area contributed by atoms with Crippen molar-refractivity contribution < 1.29 is 13.9 Å². The lowest BCUT2D eigenvalue weighted by atomic mass is 10.0. The van der Waals surface area contributed by atoms with Crippen molar-refractivity contribution in [1.82, 2.24) is 14.3 Å². The number of halogens is 1. The van der Waals surface area contributed by atoms with Crippen molar-refractivity contribution in [3.05, 3.63) is 112 Å². The zero-order valence-electron chi connectivity index (χ0n) is 18.0. The third-order valence-corrected chi connectivity index (χ3v) is 5.70. The molecular weight excluding hydrogens is 421 g/mol. The molecule has 0 aliphatic carbocycles. The second-order valence-corrected chi connectivity index (χ2v) is 7.73. The SMILES string of the molecule is Cc1c2[nH]c(=O)c(Oc3ccc(C(=O)c4ccc(F)cc4)cc3)c-2n(-c2ccccc2)n1C. The van der Waals surface area contributed by atoms with Crippen LogP contribution < -0.4 is 10.3 Å². The van der Waals surface area contributed by atoms with Crippen LogP contribution in [0.1, 0.15) is 21.6 Å². The smallest absolute Gasteiger partial charge is 0.293 e. The summed E-state index contributed by atoms with van der Waals surface area (Å²) >= 11 is 0. The molecule has 0 atom stereocenters. The van der Waals surface area contributed by atoms with Gasteiger partial charge in [-0.25, -0.2) is 9.07 Å². The Labute approximate surface area is 188 Å². The van der Waals surface area contributed by atoms with Crippen molar-refractivity contribution in [3.8, 4) is 28.6 Å². The lowest BCUT2D eigenvalue weighted by molar-refractivity contribution is 0.103. The molecule has 0 bridgehead atoms. The van der Waals surface area contributed by atoms with Gasteiger partial charge in [-0.2, -0.15) is 0 Å². The first-order valence-electron chi connectivity index (χ1n) is 10.4. The number of nitrogens with one attached hydrogen (secondary N) is 1. The van der Waals surface area contributed by atoms with Gasteiger partial charge >= 0.3 is 0 Å². The number of hydrogen-bond acceptors (Lipinski definition) is 3. The van der Waals surface area contributed by atoms with Crippen molar-refractivity contribution in [3.63, 3.8) is 0 Å². The van der Waals surface area contributed by atoms with E-state index in [1.165, 1.54) is 24.3 Å². The minimum atomic E-state index is -0.398. The molecule has 0 amide bonds. The molecule has 1 N–H and O–H groups in total. The van der Waals surface area contributed by atoms with E-state index < -0.39 is 5.82 Å². The molecular formula is C26H20FN3O3. The number of carbonyl (C=O) groups excluding carboxylic acids is 1. The van der Waals surface area contributed by atoms with Gasteiger partial charge in [0.1, 0.15) is 17.3 Å². The number of benzene rings is 3. The van der Waals surface area contributed by atoms with E-state index in [2.05, 4.69) is 4.98 Å². The summed E-state index contributed by atoms with van der Waals surface area (Å²) in [6.07, 6.45) is 0. The first-order valence-corrected chi connectivity index (χ1v) is 10.4. The predicted molar refractivity (Wildman–Crippen MR) is 123 cm³/mol. The summed E-state index contributed by atoms with van der Waals surface area (Å²) in [4.78, 5) is 28.3. The topological polar surface area (TPSA) is 69.0 Å². The maximum atomic E-state index is 13.1. The molecule has 2 aliphatic rings. The molecule has 0 spiro atoms. The van der Waals surface area contributed by atoms with E-state index in [1.54, 1.807) is 24.3 Å². The van der Waals surface area contributed by atoms with Crippen LogP contribution in [-0.4, -0.2) is 20.1 Å². The number of H-pyrrole nitrogens is 1. The van der Waals surface area contributed by atoms with Gasteiger partial charge in [-0.3, -0.25) is 14.3 Å². The van der Waals surface area contributed by atoms with Crippen molar-refractivity contribution in [2.75, 3.05) is 0 Å². The number of hydrogen-bond donors (Lipinski definition) is 1. The maximum absolute atomic E-state index is 13.1. The molecule has 5 rings (SSSR count). The van der Waals surface area contributed by atoms with Gasteiger partial charge in [0.2, 0.25) is 5.75 Å². The fourth-order valence-corrected chi connectivity index (χ4v) is 3.90. The summed E-state index contributed by atoms with van der Waals surface area (Å²) < 4.78 is 23.0. The molecule has 2 aliphatic heterocycles. The highest BCUT2D eigenvalue weighted by Gasteiger charge is 2.27. The summed E-state index contributed by atoms with van der Waals surface area (Å²) in [5.41, 5.74) is 3.61. The zero-order valence-corrected chi connectivity index (χ0v) is 18.0. The van der Waals surface area contributed by atoms with Crippen molar-refractivity contribution >= 4 is 5.78 Å². The highest BCUT2D eigenvalue weighted by molar-refractivity contribution is 6.09. The number of aromatic nitrogens is 3. The summed E-state index contributed by atoms with van der Waals surface area (Å²) in [6.45, 7) is 1.93. The standard InChI is InChI=1S/C26H20FN3O3/c1-16-22-23(30(29(16)2)20-6-4-3-5-7-20)25(26(32)28-22)33-21-14-10-18(11-15-21)24(31)17-8-12-19(27)13-9-17/h3-15H,1-2H3,(H,28,32). The van der Waals surface area contributed by atoms with Crippen LogP contribution in [0.25, 0.3) is 17.1 Å². The Bertz CT molecular complexity index is 1480. The lowest BCUT2D eigenvalue weighted by Gasteiger charge is -2.12. The highest BCUT2D eigenvalue weighted by atomic mass is 19.1. The first kappa shape index (κ1) is 20.5. The third-order valence-electron chi connectivity index (χ3n) is 5.70. The minimum absolute atomic E-state index is 0.176. The quantitative estimate of drug-likeness (QED) is 0.387. The average Bonchev–Trinajstić information content (AvgIpc) is 3.27. The second-order valence-electron chi connectivity index (χ2n) is 7.73. The Hall–Kier alpha value is -4.39. The molecule has 0 saturated heterocycles. The number of aromatic amines is 1. The molecule has 0 fully saturated rings. The normalized spacial score (nSPS) is 11.1. The molecule has 0 unspecified atom stereocenters. The van der Waals surface area contributed by atoms with Gasteiger partial charge in [-0.1, -0.05) is 18.2 Å². The Balaban J connectivity index is 1.50. The van der Waals surface area contributed by atoms with Gasteiger partial charge in [0.15, 0.2) is 5.78 Å². The average molecular weight is 441 g/mol. The van der Waals surface area contributed by atoms with E-state index >= 15 is 0 Å². The van der Waals surface area contributed by atoms with Crippen LogP contribution in [0.3, 0.4) is 0 Å². The van der Waals surface area contributed by atoms with Crippen LogP contribution in [0.2, 0.25) is 0 Å². The molecule has 3 aromatic carbocycles. The van der Waals surface area contributed by atoms with E-state index in [4.69, 9.17) is 4.74 Å². The van der Waals surface area contributed by atoms with Crippen LogP contribution in [0.5, 0.6) is 11.5 Å². The number of carbonyl (C=O) groups is 1. The first-order chi connectivity index (χ1) is 15.9. The van der Waals surface area contributed by atoms with E-state index in [0.29, 0.717) is 28.3 Å². The molecule has 0 saturated carbocycles. The molecule has 0 aromatic heterocycles. The van der Waals surface area contributed by atoms with Gasteiger partial charge in [0.05, 0.1) is 17.1 Å². The van der Waals surface area contributed by atoms with Crippen molar-refractivity contribution in [2.24, 2.45) is 7.05 Å². The summed E-state index contributed by atoms with van der Waals surface area (Å²) in [5, 5.41) is 0. The number of ether oxygens (including phenoxy) is 1. The summed E-state index contributed by atoms with van der Waals surface area (Å²) in [5.74, 6) is -0.0268.